The molecule has 7 aromatic rings. The number of ether oxygens (including phenoxy) is 1. The molecule has 2 heterocycles. The van der Waals surface area contributed by atoms with Crippen molar-refractivity contribution in [2.45, 2.75) is 33.2 Å². The number of benzene rings is 7. The molecule has 2 aliphatic heterocycles. The lowest BCUT2D eigenvalue weighted by atomic mass is 9.75. The zero-order valence-electron chi connectivity index (χ0n) is 35.3. The second-order valence-corrected chi connectivity index (χ2v) is 15.4. The van der Waals surface area contributed by atoms with Crippen LogP contribution in [0.15, 0.2) is 181 Å². The van der Waals surface area contributed by atoms with Crippen molar-refractivity contribution >= 4 is 34.6 Å². The van der Waals surface area contributed by atoms with Crippen LogP contribution in [0.4, 0.5) is 11.4 Å². The lowest BCUT2D eigenvalue weighted by Crippen LogP contribution is -2.44. The molecule has 1 spiro atoms. The van der Waals surface area contributed by atoms with Gasteiger partial charge in [-0.2, -0.15) is 5.10 Å². The fraction of sp³-hybridized carbons (Fsp3) is 0.164. The summed E-state index contributed by atoms with van der Waals surface area (Å²) >= 11 is 0. The summed E-state index contributed by atoms with van der Waals surface area (Å²) in [7, 11) is 0. The zero-order chi connectivity index (χ0) is 41.9. The molecule has 0 aromatic heterocycles. The Hall–Kier alpha value is -7.18. The van der Waals surface area contributed by atoms with Gasteiger partial charge >= 0.3 is 0 Å². The number of carbonyl (C=O) groups is 1. The number of rotatable bonds is 12. The van der Waals surface area contributed by atoms with Gasteiger partial charge in [-0.3, -0.25) is 4.79 Å². The molecule has 0 saturated carbocycles. The van der Waals surface area contributed by atoms with Gasteiger partial charge in [0.15, 0.2) is 0 Å². The van der Waals surface area contributed by atoms with E-state index in [4.69, 9.17) is 9.84 Å². The molecule has 0 unspecified atom stereocenters. The Balaban J connectivity index is 1.19. The van der Waals surface area contributed by atoms with Gasteiger partial charge in [0.25, 0.3) is 5.91 Å². The number of hydrogen-bond donors (Lipinski definition) is 0. The Labute approximate surface area is 359 Å². The molecule has 0 bridgehead atoms. The van der Waals surface area contributed by atoms with Gasteiger partial charge in [0.1, 0.15) is 17.0 Å². The lowest BCUT2D eigenvalue weighted by molar-refractivity contribution is 0.0675. The van der Waals surface area contributed by atoms with E-state index in [1.165, 1.54) is 0 Å². The van der Waals surface area contributed by atoms with Gasteiger partial charge in [0, 0.05) is 71.9 Å². The van der Waals surface area contributed by atoms with Crippen LogP contribution >= 0.6 is 0 Å². The van der Waals surface area contributed by atoms with Gasteiger partial charge in [0.05, 0.1) is 6.21 Å². The molecular weight excluding hydrogens is 749 g/mol. The van der Waals surface area contributed by atoms with Crippen molar-refractivity contribution < 1.29 is 9.53 Å². The van der Waals surface area contributed by atoms with Crippen molar-refractivity contribution in [1.82, 2.24) is 5.01 Å². The number of fused-ring (bicyclic) bond motifs is 6. The minimum atomic E-state index is -1.07. The molecule has 6 nitrogen and oxygen atoms in total. The largest absolute Gasteiger partial charge is 0.456 e. The Morgan fingerprint density at radius 1 is 0.525 bits per heavy atom. The molecule has 9 rings (SSSR count). The van der Waals surface area contributed by atoms with E-state index in [9.17, 15) is 4.79 Å². The van der Waals surface area contributed by atoms with E-state index in [1.807, 2.05) is 24.4 Å². The van der Waals surface area contributed by atoms with Crippen LogP contribution in [0, 0.1) is 0 Å². The molecule has 0 saturated heterocycles. The minimum absolute atomic E-state index is 0.160. The number of anilines is 2. The summed E-state index contributed by atoms with van der Waals surface area (Å²) < 4.78 is 6.89. The zero-order valence-corrected chi connectivity index (χ0v) is 35.3. The molecule has 7 aromatic carbocycles. The average Bonchev–Trinajstić information content (AvgIpc) is 3.56. The molecule has 0 fully saturated rings. The Kier molecular flexibility index (Phi) is 10.8. The van der Waals surface area contributed by atoms with Crippen molar-refractivity contribution in [3.63, 3.8) is 0 Å². The number of hydrazone groups is 1. The van der Waals surface area contributed by atoms with Gasteiger partial charge < -0.3 is 14.5 Å². The molecule has 0 atom stereocenters. The predicted octanol–water partition coefficient (Wildman–Crippen LogP) is 12.3. The van der Waals surface area contributed by atoms with Crippen molar-refractivity contribution in [3.05, 3.63) is 226 Å². The highest BCUT2D eigenvalue weighted by atomic mass is 16.5. The van der Waals surface area contributed by atoms with Crippen LogP contribution in [0.25, 0.3) is 11.1 Å². The number of hydrogen-bond acceptors (Lipinski definition) is 5. The summed E-state index contributed by atoms with van der Waals surface area (Å²) in [4.78, 5) is 19.5. The van der Waals surface area contributed by atoms with Gasteiger partial charge in [-0.05, 0) is 84.9 Å². The molecule has 61 heavy (non-hydrogen) atoms. The van der Waals surface area contributed by atoms with Gasteiger partial charge in [-0.1, -0.05) is 146 Å². The van der Waals surface area contributed by atoms with E-state index >= 15 is 0 Å². The van der Waals surface area contributed by atoms with E-state index in [1.54, 1.807) is 5.01 Å². The van der Waals surface area contributed by atoms with Crippen LogP contribution < -0.4 is 14.5 Å². The van der Waals surface area contributed by atoms with Gasteiger partial charge in [-0.15, -0.1) is 0 Å². The van der Waals surface area contributed by atoms with E-state index < -0.39 is 5.54 Å². The van der Waals surface area contributed by atoms with Crippen LogP contribution in [0.5, 0.6) is 11.5 Å². The second-order valence-electron chi connectivity index (χ2n) is 15.4. The van der Waals surface area contributed by atoms with Crippen LogP contribution in [-0.4, -0.2) is 43.3 Å². The lowest BCUT2D eigenvalue weighted by Gasteiger charge is -2.42. The molecule has 0 N–H and O–H groups in total. The SMILES string of the molecule is CCN(CC)c1ccc2c(c1)Oc1cc(N(CC)CC)ccc1C21c2ccccc2C(=O)N1/N=C/c1ccc(C(=C(c2ccccc2)c2ccccc2)c2ccccc2)cc1. The Morgan fingerprint density at radius 3 is 1.41 bits per heavy atom. The molecule has 0 aliphatic carbocycles. The quantitative estimate of drug-likeness (QED) is 0.0912. The second kappa shape index (κ2) is 16.8. The maximum Gasteiger partial charge on any atom is 0.275 e. The van der Waals surface area contributed by atoms with Crippen LogP contribution in [-0.2, 0) is 5.54 Å². The molecule has 0 radical (unpaired) electrons. The molecule has 1 amide bonds. The molecule has 6 heteroatoms. The number of nitrogens with zero attached hydrogens (tertiary/aromatic N) is 4. The van der Waals surface area contributed by atoms with Crippen molar-refractivity contribution in [2.75, 3.05) is 36.0 Å². The highest BCUT2D eigenvalue weighted by Gasteiger charge is 2.57. The summed E-state index contributed by atoms with van der Waals surface area (Å²) in [6.07, 6.45) is 1.82. The fourth-order valence-corrected chi connectivity index (χ4v) is 9.23. The summed E-state index contributed by atoms with van der Waals surface area (Å²) in [6.45, 7) is 12.1. The van der Waals surface area contributed by atoms with Crippen molar-refractivity contribution in [3.8, 4) is 11.5 Å². The summed E-state index contributed by atoms with van der Waals surface area (Å²) in [5.41, 5.74) is 12.0. The maximum atomic E-state index is 14.8. The topological polar surface area (TPSA) is 48.4 Å². The summed E-state index contributed by atoms with van der Waals surface area (Å²) in [6, 6.07) is 61.0. The third kappa shape index (κ3) is 6.88. The average molecular weight is 799 g/mol. The highest BCUT2D eigenvalue weighted by molar-refractivity contribution is 6.05. The maximum absolute atomic E-state index is 14.8. The van der Waals surface area contributed by atoms with E-state index in [0.29, 0.717) is 5.56 Å². The van der Waals surface area contributed by atoms with Gasteiger partial charge in [0.2, 0.25) is 0 Å². The van der Waals surface area contributed by atoms with E-state index in [2.05, 4.69) is 195 Å². The van der Waals surface area contributed by atoms with Crippen LogP contribution in [0.2, 0.25) is 0 Å². The van der Waals surface area contributed by atoms with Crippen LogP contribution in [0.1, 0.15) is 82.6 Å². The third-order valence-electron chi connectivity index (χ3n) is 12.2. The minimum Gasteiger partial charge on any atom is -0.456 e. The first kappa shape index (κ1) is 39.3. The summed E-state index contributed by atoms with van der Waals surface area (Å²) in [5, 5.41) is 6.87. The molecule has 302 valence electrons. The monoisotopic (exact) mass is 798 g/mol. The standard InChI is InChI=1S/C55H50N4O2/c1-5-57(6-2)44-32-34-48-50(36-44)61-51-37-45(58(7-3)8-4)33-35-49(51)55(48)47-27-19-18-26-46(47)54(60)59(55)56-38-39-28-30-43(31-29-39)53(42-24-16-11-17-25-42)52(40-20-12-9-13-21-40)41-22-14-10-15-23-41/h9-38H,5-8H2,1-4H3/b56-38+. The first-order chi connectivity index (χ1) is 30.0. The normalized spacial score (nSPS) is 13.4. The first-order valence-electron chi connectivity index (χ1n) is 21.5. The van der Waals surface area contributed by atoms with Gasteiger partial charge in [-0.25, -0.2) is 5.01 Å². The Morgan fingerprint density at radius 2 is 0.951 bits per heavy atom. The van der Waals surface area contributed by atoms with Crippen molar-refractivity contribution in [2.24, 2.45) is 5.10 Å². The molecular formula is C55H50N4O2. The van der Waals surface area contributed by atoms with Crippen LogP contribution in [0.3, 0.4) is 0 Å². The Bertz CT molecular complexity index is 2630. The fourth-order valence-electron chi connectivity index (χ4n) is 9.23. The summed E-state index contributed by atoms with van der Waals surface area (Å²) in [5.74, 6) is 1.28. The highest BCUT2D eigenvalue weighted by Crippen LogP contribution is 2.58. The third-order valence-corrected chi connectivity index (χ3v) is 12.2. The van der Waals surface area contributed by atoms with E-state index in [-0.39, 0.29) is 5.91 Å². The number of carbonyl (C=O) groups excluding carboxylic acids is 1. The smallest absolute Gasteiger partial charge is 0.275 e. The molecule has 2 aliphatic rings. The first-order valence-corrected chi connectivity index (χ1v) is 21.5. The predicted molar refractivity (Wildman–Crippen MR) is 251 cm³/mol. The number of amides is 1. The van der Waals surface area contributed by atoms with E-state index in [0.717, 1.165) is 105 Å². The van der Waals surface area contributed by atoms with Crippen molar-refractivity contribution in [1.29, 1.82) is 0 Å².